The Morgan fingerprint density at radius 3 is 2.84 bits per heavy atom. The van der Waals surface area contributed by atoms with Gasteiger partial charge in [-0.2, -0.15) is 0 Å². The summed E-state index contributed by atoms with van der Waals surface area (Å²) in [6.45, 7) is 5.42. The number of hydrogen-bond acceptors (Lipinski definition) is 3. The Balaban J connectivity index is 2.71. The average Bonchev–Trinajstić information content (AvgIpc) is 2.38. The second kappa shape index (κ2) is 6.68. The molecule has 1 N–H and O–H groups in total. The number of carbonyl (C=O) groups is 1. The van der Waals surface area contributed by atoms with Crippen LogP contribution in [0.15, 0.2) is 30.5 Å². The minimum absolute atomic E-state index is 0.206. The third-order valence-corrected chi connectivity index (χ3v) is 3.38. The zero-order valence-electron chi connectivity index (χ0n) is 11.1. The molecule has 1 rings (SSSR count). The number of halogens is 1. The van der Waals surface area contributed by atoms with Gasteiger partial charge in [-0.05, 0) is 38.3 Å². The molecule has 0 saturated carbocycles. The molecule has 0 aliphatic heterocycles. The van der Waals surface area contributed by atoms with Gasteiger partial charge in [-0.25, -0.2) is 4.79 Å². The fraction of sp³-hybridized carbons (Fsp3) is 0.429. The maximum atomic E-state index is 10.7. The Labute approximate surface area is 118 Å². The fourth-order valence-electron chi connectivity index (χ4n) is 1.77. The van der Waals surface area contributed by atoms with Crippen LogP contribution in [0.3, 0.4) is 0 Å². The fourth-order valence-corrected chi connectivity index (χ4v) is 1.93. The van der Waals surface area contributed by atoms with Crippen molar-refractivity contribution in [3.8, 4) is 0 Å². The summed E-state index contributed by atoms with van der Waals surface area (Å²) in [6, 6.07) is 3.46. The Bertz CT molecular complexity index is 476. The maximum absolute atomic E-state index is 10.7. The minimum atomic E-state index is -0.958. The second-order valence-corrected chi connectivity index (χ2v) is 4.99. The number of carboxylic acid groups (broad SMARTS) is 1. The molecule has 104 valence electrons. The van der Waals surface area contributed by atoms with Gasteiger partial charge in [0.2, 0.25) is 0 Å². The lowest BCUT2D eigenvalue weighted by atomic mass is 9.93. The number of nitrogens with zero attached hydrogens (tertiary/aromatic N) is 1. The van der Waals surface area contributed by atoms with Crippen LogP contribution in [0.1, 0.15) is 31.9 Å². The average molecular weight is 284 g/mol. The third kappa shape index (κ3) is 4.33. The van der Waals surface area contributed by atoms with Crippen molar-refractivity contribution in [2.45, 2.75) is 31.8 Å². The number of aliphatic carboxylic acids is 1. The summed E-state index contributed by atoms with van der Waals surface area (Å²) in [6.07, 6.45) is 3.35. The summed E-state index contributed by atoms with van der Waals surface area (Å²) in [7, 11) is 1.61. The van der Waals surface area contributed by atoms with Crippen LogP contribution in [0, 0.1) is 0 Å². The number of carboxylic acids is 1. The highest BCUT2D eigenvalue weighted by Crippen LogP contribution is 2.30. The van der Waals surface area contributed by atoms with Crippen LogP contribution < -0.4 is 0 Å². The lowest BCUT2D eigenvalue weighted by molar-refractivity contribution is -0.132. The van der Waals surface area contributed by atoms with E-state index in [0.29, 0.717) is 24.3 Å². The van der Waals surface area contributed by atoms with E-state index in [0.717, 1.165) is 5.69 Å². The largest absolute Gasteiger partial charge is 0.478 e. The van der Waals surface area contributed by atoms with E-state index in [-0.39, 0.29) is 5.57 Å². The monoisotopic (exact) mass is 283 g/mol. The molecule has 0 radical (unpaired) electrons. The molecule has 0 aliphatic rings. The third-order valence-electron chi connectivity index (χ3n) is 3.15. The zero-order chi connectivity index (χ0) is 14.5. The smallest absolute Gasteiger partial charge is 0.330 e. The van der Waals surface area contributed by atoms with Crippen LogP contribution in [-0.4, -0.2) is 23.2 Å². The standard InChI is InChI=1S/C14H18ClNO3/c1-10(13(17)18)5-4-7-14(2,19-3)12-9-11(15)6-8-16-12/h6,8-9H,1,4-5,7H2,2-3H3,(H,17,18). The van der Waals surface area contributed by atoms with Crippen molar-refractivity contribution >= 4 is 17.6 Å². The van der Waals surface area contributed by atoms with Crippen LogP contribution >= 0.6 is 11.6 Å². The van der Waals surface area contributed by atoms with E-state index in [1.165, 1.54) is 0 Å². The van der Waals surface area contributed by atoms with E-state index < -0.39 is 11.6 Å². The molecule has 0 aromatic carbocycles. The van der Waals surface area contributed by atoms with Crippen molar-refractivity contribution in [1.29, 1.82) is 0 Å². The quantitative estimate of drug-likeness (QED) is 0.779. The highest BCUT2D eigenvalue weighted by atomic mass is 35.5. The molecule has 19 heavy (non-hydrogen) atoms. The van der Waals surface area contributed by atoms with E-state index in [4.69, 9.17) is 21.4 Å². The molecular weight excluding hydrogens is 266 g/mol. The number of methoxy groups -OCH3 is 1. The van der Waals surface area contributed by atoms with Gasteiger partial charge in [0.05, 0.1) is 5.69 Å². The molecule has 1 aromatic rings. The van der Waals surface area contributed by atoms with Gasteiger partial charge >= 0.3 is 5.97 Å². The van der Waals surface area contributed by atoms with Gasteiger partial charge in [-0.1, -0.05) is 18.2 Å². The Hall–Kier alpha value is -1.39. The highest BCUT2D eigenvalue weighted by molar-refractivity contribution is 6.30. The predicted octanol–water partition coefficient (Wildman–Crippen LogP) is 3.41. The van der Waals surface area contributed by atoms with Crippen molar-refractivity contribution in [1.82, 2.24) is 4.98 Å². The normalized spacial score (nSPS) is 13.8. The molecule has 0 bridgehead atoms. The topological polar surface area (TPSA) is 59.4 Å². The maximum Gasteiger partial charge on any atom is 0.330 e. The summed E-state index contributed by atoms with van der Waals surface area (Å²) in [5, 5.41) is 9.36. The Morgan fingerprint density at radius 1 is 1.63 bits per heavy atom. The van der Waals surface area contributed by atoms with Gasteiger partial charge < -0.3 is 9.84 Å². The van der Waals surface area contributed by atoms with Crippen LogP contribution in [0.2, 0.25) is 5.02 Å². The number of hydrogen-bond donors (Lipinski definition) is 1. The van der Waals surface area contributed by atoms with Crippen LogP contribution in [0.5, 0.6) is 0 Å². The zero-order valence-corrected chi connectivity index (χ0v) is 11.9. The van der Waals surface area contributed by atoms with Crippen LogP contribution in [0.25, 0.3) is 0 Å². The summed E-state index contributed by atoms with van der Waals surface area (Å²) in [4.78, 5) is 14.9. The molecule has 5 heteroatoms. The SMILES string of the molecule is C=C(CCCC(C)(OC)c1cc(Cl)ccn1)C(=O)O. The molecule has 1 aromatic heterocycles. The van der Waals surface area contributed by atoms with Gasteiger partial charge in [0.1, 0.15) is 5.60 Å². The summed E-state index contributed by atoms with van der Waals surface area (Å²) >= 11 is 5.95. The number of rotatable bonds is 7. The minimum Gasteiger partial charge on any atom is -0.478 e. The lowest BCUT2D eigenvalue weighted by Crippen LogP contribution is -2.25. The van der Waals surface area contributed by atoms with E-state index in [9.17, 15) is 4.79 Å². The molecule has 0 aliphatic carbocycles. The molecule has 0 spiro atoms. The van der Waals surface area contributed by atoms with Gasteiger partial charge in [0.25, 0.3) is 0 Å². The number of ether oxygens (including phenoxy) is 1. The van der Waals surface area contributed by atoms with Crippen molar-refractivity contribution in [3.63, 3.8) is 0 Å². The molecule has 1 atom stereocenters. The van der Waals surface area contributed by atoms with E-state index in [2.05, 4.69) is 11.6 Å². The molecular formula is C14H18ClNO3. The molecule has 0 fully saturated rings. The molecule has 0 saturated heterocycles. The number of pyridine rings is 1. The van der Waals surface area contributed by atoms with Crippen molar-refractivity contribution in [3.05, 3.63) is 41.2 Å². The summed E-state index contributed by atoms with van der Waals surface area (Å²) < 4.78 is 5.52. The van der Waals surface area contributed by atoms with Gasteiger partial charge in [0, 0.05) is 23.9 Å². The second-order valence-electron chi connectivity index (χ2n) is 4.56. The van der Waals surface area contributed by atoms with Gasteiger partial charge in [-0.3, -0.25) is 4.98 Å². The molecule has 1 unspecified atom stereocenters. The van der Waals surface area contributed by atoms with Gasteiger partial charge in [-0.15, -0.1) is 0 Å². The van der Waals surface area contributed by atoms with E-state index in [1.54, 1.807) is 25.4 Å². The van der Waals surface area contributed by atoms with Crippen LogP contribution in [0.4, 0.5) is 0 Å². The predicted molar refractivity (Wildman–Crippen MR) is 74.2 cm³/mol. The first-order valence-electron chi connectivity index (χ1n) is 5.97. The van der Waals surface area contributed by atoms with Gasteiger partial charge in [0.15, 0.2) is 0 Å². The summed E-state index contributed by atoms with van der Waals surface area (Å²) in [5.41, 5.74) is 0.366. The Morgan fingerprint density at radius 2 is 2.32 bits per heavy atom. The first-order chi connectivity index (χ1) is 8.89. The van der Waals surface area contributed by atoms with Crippen molar-refractivity contribution < 1.29 is 14.6 Å². The van der Waals surface area contributed by atoms with E-state index >= 15 is 0 Å². The Kier molecular flexibility index (Phi) is 5.51. The molecule has 1 heterocycles. The van der Waals surface area contributed by atoms with Crippen LogP contribution in [-0.2, 0) is 15.1 Å². The van der Waals surface area contributed by atoms with Crippen molar-refractivity contribution in [2.75, 3.05) is 7.11 Å². The molecule has 0 amide bonds. The molecule has 4 nitrogen and oxygen atoms in total. The number of aromatic nitrogens is 1. The van der Waals surface area contributed by atoms with Crippen molar-refractivity contribution in [2.24, 2.45) is 0 Å². The summed E-state index contributed by atoms with van der Waals surface area (Å²) in [5.74, 6) is -0.958. The first kappa shape index (κ1) is 15.7. The first-order valence-corrected chi connectivity index (χ1v) is 6.35. The highest BCUT2D eigenvalue weighted by Gasteiger charge is 2.27. The van der Waals surface area contributed by atoms with E-state index in [1.807, 2.05) is 6.92 Å². The lowest BCUT2D eigenvalue weighted by Gasteiger charge is -2.27.